The third-order valence-electron chi connectivity index (χ3n) is 10.6. The van der Waals surface area contributed by atoms with Crippen LogP contribution in [0.2, 0.25) is 0 Å². The molecule has 7 rings (SSSR count). The van der Waals surface area contributed by atoms with Crippen LogP contribution < -0.4 is 11.5 Å². The molecule has 0 atom stereocenters. The maximum atomic E-state index is 5.71. The fourth-order valence-electron chi connectivity index (χ4n) is 8.43. The number of hydrogen-bond donors (Lipinski definition) is 2. The van der Waals surface area contributed by atoms with E-state index < -0.39 is 0 Å². The van der Waals surface area contributed by atoms with Crippen molar-refractivity contribution in [3.05, 3.63) is 130 Å². The summed E-state index contributed by atoms with van der Waals surface area (Å²) in [4.78, 5) is 0. The largest absolute Gasteiger partial charge is 0.363 e. The van der Waals surface area contributed by atoms with Crippen LogP contribution in [0.5, 0.6) is 0 Å². The Balaban J connectivity index is 1.26. The number of ether oxygens (including phenoxy) is 2. The molecule has 0 heterocycles. The van der Waals surface area contributed by atoms with Crippen molar-refractivity contribution in [1.29, 1.82) is 0 Å². The molecule has 2 fully saturated rings. The van der Waals surface area contributed by atoms with Crippen molar-refractivity contribution in [3.63, 3.8) is 0 Å². The topological polar surface area (TPSA) is 70.5 Å². The number of benzene rings is 4. The molecule has 4 nitrogen and oxygen atoms in total. The summed E-state index contributed by atoms with van der Waals surface area (Å²) in [6.07, 6.45) is 9.59. The Hall–Kier alpha value is -3.28. The van der Waals surface area contributed by atoms with Crippen LogP contribution in [0.4, 0.5) is 0 Å². The van der Waals surface area contributed by atoms with E-state index in [4.69, 9.17) is 20.9 Å². The highest BCUT2D eigenvalue weighted by molar-refractivity contribution is 5.86. The fourth-order valence-corrected chi connectivity index (χ4v) is 8.43. The first kappa shape index (κ1) is 28.5. The van der Waals surface area contributed by atoms with Crippen LogP contribution in [0.1, 0.15) is 96.6 Å². The quantitative estimate of drug-likeness (QED) is 0.185. The van der Waals surface area contributed by atoms with Crippen molar-refractivity contribution < 1.29 is 9.47 Å². The van der Waals surface area contributed by atoms with Crippen LogP contribution in [0.3, 0.4) is 0 Å². The molecule has 4 heteroatoms. The summed E-state index contributed by atoms with van der Waals surface area (Å²) in [7, 11) is 0. The molecular formula is C39H44N2O2. The fraction of sp³-hybridized carbons (Fsp3) is 0.385. The first-order chi connectivity index (χ1) is 21.2. The van der Waals surface area contributed by atoms with Crippen molar-refractivity contribution in [1.82, 2.24) is 0 Å². The molecule has 0 radical (unpaired) electrons. The average molecular weight is 573 g/mol. The molecule has 4 aromatic rings. The average Bonchev–Trinajstić information content (AvgIpc) is 3.37. The van der Waals surface area contributed by atoms with Gasteiger partial charge < -0.3 is 20.9 Å². The maximum absolute atomic E-state index is 5.71. The van der Waals surface area contributed by atoms with Gasteiger partial charge in [0.15, 0.2) is 0 Å². The Bertz CT molecular complexity index is 1400. The van der Waals surface area contributed by atoms with Crippen molar-refractivity contribution >= 4 is 0 Å². The van der Waals surface area contributed by atoms with Crippen molar-refractivity contribution in [2.24, 2.45) is 11.5 Å². The van der Waals surface area contributed by atoms with Crippen molar-refractivity contribution in [2.75, 3.05) is 13.5 Å². The van der Waals surface area contributed by atoms with E-state index in [1.165, 1.54) is 44.5 Å². The molecule has 3 aliphatic carbocycles. The Morgan fingerprint density at radius 3 is 1.23 bits per heavy atom. The van der Waals surface area contributed by atoms with Gasteiger partial charge in [-0.1, -0.05) is 97.1 Å². The molecule has 0 bridgehead atoms. The molecule has 0 saturated heterocycles. The highest BCUT2D eigenvalue weighted by Gasteiger charge is 2.46. The molecule has 0 spiro atoms. The number of hydrogen-bond acceptors (Lipinski definition) is 4. The maximum Gasteiger partial charge on any atom is 0.0944 e. The van der Waals surface area contributed by atoms with Crippen LogP contribution in [-0.2, 0) is 14.9 Å². The lowest BCUT2D eigenvalue weighted by atomic mass is 9.67. The minimum Gasteiger partial charge on any atom is -0.363 e. The van der Waals surface area contributed by atoms with E-state index in [1.807, 2.05) is 0 Å². The third kappa shape index (κ3) is 5.15. The van der Waals surface area contributed by atoms with Gasteiger partial charge in [-0.15, -0.1) is 0 Å². The first-order valence-corrected chi connectivity index (χ1v) is 16.3. The zero-order valence-corrected chi connectivity index (χ0v) is 25.1. The summed E-state index contributed by atoms with van der Waals surface area (Å²) in [5.41, 5.74) is 21.9. The summed E-state index contributed by atoms with van der Waals surface area (Å²) in [5, 5.41) is 0. The molecule has 4 N–H and O–H groups in total. The van der Waals surface area contributed by atoms with Crippen LogP contribution in [0, 0.1) is 0 Å². The van der Waals surface area contributed by atoms with Gasteiger partial charge >= 0.3 is 0 Å². The van der Waals surface area contributed by atoms with E-state index in [0.29, 0.717) is 37.5 Å². The number of rotatable bonds is 8. The second kappa shape index (κ2) is 12.4. The smallest absolute Gasteiger partial charge is 0.0944 e. The molecular weight excluding hydrogens is 528 g/mol. The Morgan fingerprint density at radius 2 is 0.860 bits per heavy atom. The Labute approximate surface area is 256 Å². The van der Waals surface area contributed by atoms with Gasteiger partial charge in [0.25, 0.3) is 0 Å². The van der Waals surface area contributed by atoms with Crippen LogP contribution in [0.25, 0.3) is 11.1 Å². The normalized spacial score (nSPS) is 24.3. The lowest BCUT2D eigenvalue weighted by molar-refractivity contribution is 0.0285. The second-order valence-corrected chi connectivity index (χ2v) is 12.7. The highest BCUT2D eigenvalue weighted by Crippen LogP contribution is 2.56. The molecule has 0 aliphatic heterocycles. The van der Waals surface area contributed by atoms with Gasteiger partial charge in [-0.05, 0) is 108 Å². The van der Waals surface area contributed by atoms with Crippen molar-refractivity contribution in [2.45, 2.75) is 80.8 Å². The Morgan fingerprint density at radius 1 is 0.488 bits per heavy atom. The zero-order chi connectivity index (χ0) is 29.2. The second-order valence-electron chi connectivity index (χ2n) is 12.7. The predicted molar refractivity (Wildman–Crippen MR) is 174 cm³/mol. The first-order valence-electron chi connectivity index (χ1n) is 16.3. The van der Waals surface area contributed by atoms with Gasteiger partial charge in [-0.25, -0.2) is 0 Å². The Kier molecular flexibility index (Phi) is 8.20. The van der Waals surface area contributed by atoms with Crippen LogP contribution in [-0.4, -0.2) is 25.7 Å². The van der Waals surface area contributed by atoms with Gasteiger partial charge in [-0.3, -0.25) is 0 Å². The molecule has 0 aromatic heterocycles. The van der Waals surface area contributed by atoms with Gasteiger partial charge in [0.05, 0.1) is 31.1 Å². The monoisotopic (exact) mass is 572 g/mol. The van der Waals surface area contributed by atoms with Gasteiger partial charge in [-0.2, -0.15) is 0 Å². The molecule has 222 valence electrons. The summed E-state index contributed by atoms with van der Waals surface area (Å²) in [5.74, 6) is 1.16. The number of fused-ring (bicyclic) bond motifs is 3. The summed E-state index contributed by atoms with van der Waals surface area (Å²) in [6.45, 7) is 0.641. The van der Waals surface area contributed by atoms with E-state index in [0.717, 1.165) is 51.4 Å². The molecule has 0 unspecified atom stereocenters. The van der Waals surface area contributed by atoms with Crippen LogP contribution >= 0.6 is 0 Å². The van der Waals surface area contributed by atoms with Gasteiger partial charge in [0, 0.05) is 0 Å². The van der Waals surface area contributed by atoms with Crippen molar-refractivity contribution in [3.8, 4) is 11.1 Å². The van der Waals surface area contributed by atoms with Gasteiger partial charge in [0.2, 0.25) is 0 Å². The molecule has 0 amide bonds. The lowest BCUT2D eigenvalue weighted by Gasteiger charge is -2.35. The molecule has 3 aliphatic rings. The predicted octanol–water partition coefficient (Wildman–Crippen LogP) is 7.97. The van der Waals surface area contributed by atoms with E-state index in [1.54, 1.807) is 0 Å². The SMILES string of the molecule is NCOC1CCC(c2ccc(C3(c4ccc(C5CCC(OCN)CC5)cc4)c4ccccc4-c4ccccc43)cc2)CC1. The molecule has 4 aromatic carbocycles. The minimum atomic E-state index is -0.358. The van der Waals surface area contributed by atoms with Crippen LogP contribution in [0.15, 0.2) is 97.1 Å². The molecule has 2 saturated carbocycles. The van der Waals surface area contributed by atoms with E-state index >= 15 is 0 Å². The lowest BCUT2D eigenvalue weighted by Crippen LogP contribution is -2.29. The summed E-state index contributed by atoms with van der Waals surface area (Å²) in [6, 6.07) is 37.2. The zero-order valence-electron chi connectivity index (χ0n) is 25.1. The molecule has 43 heavy (non-hydrogen) atoms. The van der Waals surface area contributed by atoms with E-state index in [9.17, 15) is 0 Å². The third-order valence-corrected chi connectivity index (χ3v) is 10.6. The standard InChI is InChI=1S/C39H44N2O2/c40-25-42-33-21-13-29(14-22-33)27-9-17-31(18-10-27)39(37-7-3-1-5-35(37)36-6-2-4-8-38(36)39)32-19-11-28(12-20-32)30-15-23-34(24-16-30)43-26-41/h1-12,17-20,29-30,33-34H,13-16,21-26,40-41H2. The van der Waals surface area contributed by atoms with E-state index in [2.05, 4.69) is 97.1 Å². The summed E-state index contributed by atoms with van der Waals surface area (Å²) < 4.78 is 11.4. The van der Waals surface area contributed by atoms with Gasteiger partial charge in [0.1, 0.15) is 0 Å². The summed E-state index contributed by atoms with van der Waals surface area (Å²) >= 11 is 0. The highest BCUT2D eigenvalue weighted by atomic mass is 16.5. The minimum absolute atomic E-state index is 0.313. The number of nitrogens with two attached hydrogens (primary N) is 2. The van der Waals surface area contributed by atoms with E-state index in [-0.39, 0.29) is 5.41 Å².